The smallest absolute Gasteiger partial charge is 0.266 e. The fraction of sp³-hybridized carbons (Fsp3) is 0.286. The summed E-state index contributed by atoms with van der Waals surface area (Å²) in [6.07, 6.45) is 0.773. The topological polar surface area (TPSA) is 34.9 Å². The molecule has 0 aromatic carbocycles. The maximum Gasteiger partial charge on any atom is 0.288 e. The van der Waals surface area contributed by atoms with E-state index in [9.17, 15) is 4.79 Å². The van der Waals surface area contributed by atoms with Gasteiger partial charge >= 0.3 is 0 Å². The Bertz CT molecular complexity index is 594. The Kier molecular flexibility index (Phi) is 3.48. The van der Waals surface area contributed by atoms with E-state index in [0.29, 0.717) is 4.88 Å². The van der Waals surface area contributed by atoms with Crippen LogP contribution in [0.25, 0.3) is 0 Å². The Hall–Kier alpha value is -1.68. The third kappa shape index (κ3) is 2.29. The molecule has 0 aliphatic rings. The van der Waals surface area contributed by atoms with Crippen molar-refractivity contribution in [3.8, 4) is 0 Å². The van der Waals surface area contributed by atoms with E-state index in [1.54, 1.807) is 0 Å². The standard InChI is InChI=1S/C14H16N2OS/c1-9(2)8-12-10(3)15-16(11(12)4)14(17)13-6-5-7-18-13/h5-7H,1,8H2,2-4H3. The van der Waals surface area contributed by atoms with Crippen molar-refractivity contribution in [1.29, 1.82) is 0 Å². The highest BCUT2D eigenvalue weighted by Crippen LogP contribution is 2.19. The molecule has 3 nitrogen and oxygen atoms in total. The molecule has 0 fully saturated rings. The molecule has 0 bridgehead atoms. The molecule has 2 heterocycles. The first kappa shape index (κ1) is 12.8. The van der Waals surface area contributed by atoms with Crippen molar-refractivity contribution in [2.75, 3.05) is 0 Å². The second-order valence-electron chi connectivity index (χ2n) is 4.48. The largest absolute Gasteiger partial charge is 0.288 e. The lowest BCUT2D eigenvalue weighted by Gasteiger charge is -2.03. The fourth-order valence-corrected chi connectivity index (χ4v) is 2.58. The van der Waals surface area contributed by atoms with Crippen molar-refractivity contribution in [1.82, 2.24) is 9.78 Å². The number of carbonyl (C=O) groups excluding carboxylic acids is 1. The SMILES string of the molecule is C=C(C)Cc1c(C)nn(C(=O)c2cccs2)c1C. The summed E-state index contributed by atoms with van der Waals surface area (Å²) in [4.78, 5) is 13.0. The van der Waals surface area contributed by atoms with Crippen LogP contribution in [0.3, 0.4) is 0 Å². The summed E-state index contributed by atoms with van der Waals surface area (Å²) in [7, 11) is 0. The van der Waals surface area contributed by atoms with E-state index in [1.165, 1.54) is 16.0 Å². The maximum absolute atomic E-state index is 12.3. The lowest BCUT2D eigenvalue weighted by atomic mass is 10.1. The first-order valence-electron chi connectivity index (χ1n) is 5.78. The van der Waals surface area contributed by atoms with E-state index in [4.69, 9.17) is 0 Å². The molecule has 0 atom stereocenters. The molecule has 0 saturated heterocycles. The van der Waals surface area contributed by atoms with Crippen molar-refractivity contribution < 1.29 is 4.79 Å². The molecular formula is C14H16N2OS. The zero-order valence-corrected chi connectivity index (χ0v) is 11.7. The van der Waals surface area contributed by atoms with Gasteiger partial charge in [0.1, 0.15) is 0 Å². The van der Waals surface area contributed by atoms with Gasteiger partial charge in [0, 0.05) is 11.3 Å². The molecule has 0 radical (unpaired) electrons. The van der Waals surface area contributed by atoms with Crippen LogP contribution in [0, 0.1) is 13.8 Å². The first-order chi connectivity index (χ1) is 8.50. The molecule has 0 saturated carbocycles. The summed E-state index contributed by atoms with van der Waals surface area (Å²) < 4.78 is 1.50. The van der Waals surface area contributed by atoms with Crippen LogP contribution in [0.4, 0.5) is 0 Å². The van der Waals surface area contributed by atoms with Crippen LogP contribution in [0.15, 0.2) is 29.7 Å². The van der Waals surface area contributed by atoms with Gasteiger partial charge in [-0.2, -0.15) is 9.78 Å². The molecule has 0 unspecified atom stereocenters. The van der Waals surface area contributed by atoms with Crippen LogP contribution in [0.5, 0.6) is 0 Å². The zero-order chi connectivity index (χ0) is 13.3. The van der Waals surface area contributed by atoms with Crippen molar-refractivity contribution in [3.63, 3.8) is 0 Å². The van der Waals surface area contributed by atoms with Gasteiger partial charge in [0.2, 0.25) is 0 Å². The molecule has 0 amide bonds. The average molecular weight is 260 g/mol. The number of allylic oxidation sites excluding steroid dienone is 1. The molecular weight excluding hydrogens is 244 g/mol. The van der Waals surface area contributed by atoms with Gasteiger partial charge in [-0.15, -0.1) is 11.3 Å². The molecule has 18 heavy (non-hydrogen) atoms. The number of rotatable bonds is 3. The van der Waals surface area contributed by atoms with Crippen LogP contribution >= 0.6 is 11.3 Å². The summed E-state index contributed by atoms with van der Waals surface area (Å²) >= 11 is 1.44. The lowest BCUT2D eigenvalue weighted by molar-refractivity contribution is 0.0946. The van der Waals surface area contributed by atoms with E-state index < -0.39 is 0 Å². The van der Waals surface area contributed by atoms with Gasteiger partial charge < -0.3 is 0 Å². The molecule has 4 heteroatoms. The fourth-order valence-electron chi connectivity index (χ4n) is 1.93. The van der Waals surface area contributed by atoms with Gasteiger partial charge in [-0.3, -0.25) is 4.79 Å². The van der Waals surface area contributed by atoms with Gasteiger partial charge in [-0.05, 0) is 38.6 Å². The molecule has 2 aromatic heterocycles. The minimum atomic E-state index is -0.0569. The van der Waals surface area contributed by atoms with Crippen molar-refractivity contribution >= 4 is 17.2 Å². The van der Waals surface area contributed by atoms with Crippen molar-refractivity contribution in [2.24, 2.45) is 0 Å². The van der Waals surface area contributed by atoms with Gasteiger partial charge in [0.25, 0.3) is 5.91 Å². The highest BCUT2D eigenvalue weighted by Gasteiger charge is 2.18. The third-order valence-electron chi connectivity index (χ3n) is 2.84. The molecule has 2 rings (SSSR count). The van der Waals surface area contributed by atoms with Crippen LogP contribution < -0.4 is 0 Å². The Morgan fingerprint density at radius 3 is 2.78 bits per heavy atom. The Morgan fingerprint density at radius 2 is 2.22 bits per heavy atom. The van der Waals surface area contributed by atoms with Crippen LogP contribution in [-0.2, 0) is 6.42 Å². The predicted octanol–water partition coefficient (Wildman–Crippen LogP) is 3.37. The Balaban J connectivity index is 2.41. The Morgan fingerprint density at radius 1 is 1.50 bits per heavy atom. The molecule has 0 spiro atoms. The average Bonchev–Trinajstić information content (AvgIpc) is 2.91. The van der Waals surface area contributed by atoms with Gasteiger partial charge in [-0.1, -0.05) is 18.2 Å². The molecule has 0 aliphatic carbocycles. The summed E-state index contributed by atoms with van der Waals surface area (Å²) in [5.74, 6) is -0.0569. The second-order valence-corrected chi connectivity index (χ2v) is 5.43. The maximum atomic E-state index is 12.3. The van der Waals surface area contributed by atoms with Crippen LogP contribution in [0.1, 0.15) is 33.5 Å². The predicted molar refractivity (Wildman–Crippen MR) is 74.3 cm³/mol. The highest BCUT2D eigenvalue weighted by atomic mass is 32.1. The monoisotopic (exact) mass is 260 g/mol. The minimum Gasteiger partial charge on any atom is -0.266 e. The number of carbonyl (C=O) groups is 1. The van der Waals surface area contributed by atoms with Crippen molar-refractivity contribution in [2.45, 2.75) is 27.2 Å². The van der Waals surface area contributed by atoms with Gasteiger partial charge in [-0.25, -0.2) is 0 Å². The molecule has 0 aliphatic heterocycles. The first-order valence-corrected chi connectivity index (χ1v) is 6.66. The lowest BCUT2D eigenvalue weighted by Crippen LogP contribution is -2.14. The van der Waals surface area contributed by atoms with Crippen LogP contribution in [-0.4, -0.2) is 15.7 Å². The number of aryl methyl sites for hydroxylation is 1. The van der Waals surface area contributed by atoms with Crippen molar-refractivity contribution in [3.05, 3.63) is 51.5 Å². The number of thiophene rings is 1. The molecule has 94 valence electrons. The summed E-state index contributed by atoms with van der Waals surface area (Å²) in [6.45, 7) is 9.77. The molecule has 2 aromatic rings. The number of nitrogens with zero attached hydrogens (tertiary/aromatic N) is 2. The quantitative estimate of drug-likeness (QED) is 0.793. The van der Waals surface area contributed by atoms with E-state index >= 15 is 0 Å². The number of hydrogen-bond donors (Lipinski definition) is 0. The van der Waals surface area contributed by atoms with E-state index in [1.807, 2.05) is 38.3 Å². The summed E-state index contributed by atoms with van der Waals surface area (Å²) in [5, 5.41) is 6.25. The van der Waals surface area contributed by atoms with Crippen LogP contribution in [0.2, 0.25) is 0 Å². The molecule has 0 N–H and O–H groups in total. The summed E-state index contributed by atoms with van der Waals surface area (Å²) in [5.41, 5.74) is 3.99. The normalized spacial score (nSPS) is 10.6. The zero-order valence-electron chi connectivity index (χ0n) is 10.9. The Labute approximate surface area is 111 Å². The number of hydrogen-bond acceptors (Lipinski definition) is 3. The van der Waals surface area contributed by atoms with Gasteiger partial charge in [0.05, 0.1) is 10.6 Å². The highest BCUT2D eigenvalue weighted by molar-refractivity contribution is 7.12. The number of aromatic nitrogens is 2. The van der Waals surface area contributed by atoms with E-state index in [2.05, 4.69) is 11.7 Å². The second kappa shape index (κ2) is 4.90. The minimum absolute atomic E-state index is 0.0569. The van der Waals surface area contributed by atoms with E-state index in [-0.39, 0.29) is 5.91 Å². The third-order valence-corrected chi connectivity index (χ3v) is 3.70. The van der Waals surface area contributed by atoms with Gasteiger partial charge in [0.15, 0.2) is 0 Å². The van der Waals surface area contributed by atoms with E-state index in [0.717, 1.165) is 28.9 Å². The summed E-state index contributed by atoms with van der Waals surface area (Å²) in [6, 6.07) is 3.69.